The Bertz CT molecular complexity index is 389. The molecule has 108 valence electrons. The Hall–Kier alpha value is -1.30. The highest BCUT2D eigenvalue weighted by Crippen LogP contribution is 2.43. The van der Waals surface area contributed by atoms with E-state index in [1.807, 2.05) is 20.8 Å². The molecule has 1 spiro atoms. The molecule has 2 rings (SSSR count). The molecular weight excluding hydrogens is 250 g/mol. The zero-order chi connectivity index (χ0) is 14.3. The van der Waals surface area contributed by atoms with Crippen LogP contribution in [0.1, 0.15) is 27.2 Å². The quantitative estimate of drug-likeness (QED) is 0.779. The number of nitrogens with zero attached hydrogens (tertiary/aromatic N) is 1. The first-order valence-electron chi connectivity index (χ1n) is 6.52. The third-order valence-corrected chi connectivity index (χ3v) is 3.75. The van der Waals surface area contributed by atoms with Crippen LogP contribution < -0.4 is 0 Å². The van der Waals surface area contributed by atoms with Gasteiger partial charge in [-0.1, -0.05) is 0 Å². The summed E-state index contributed by atoms with van der Waals surface area (Å²) in [5.74, 6) is -1.37. The molecule has 0 aliphatic carbocycles. The van der Waals surface area contributed by atoms with E-state index in [4.69, 9.17) is 9.47 Å². The topological polar surface area (TPSA) is 76.1 Å². The van der Waals surface area contributed by atoms with E-state index in [1.54, 1.807) is 4.90 Å². The van der Waals surface area contributed by atoms with Crippen molar-refractivity contribution in [1.29, 1.82) is 0 Å². The number of carboxylic acids is 1. The average Bonchev–Trinajstić information content (AvgIpc) is 2.84. The fraction of sp³-hybridized carbons (Fsp3) is 0.846. The van der Waals surface area contributed by atoms with E-state index in [1.165, 1.54) is 0 Å². The second-order valence-electron chi connectivity index (χ2n) is 6.42. The van der Waals surface area contributed by atoms with Crippen molar-refractivity contribution in [2.24, 2.45) is 11.3 Å². The molecular formula is C13H21NO5. The summed E-state index contributed by atoms with van der Waals surface area (Å²) < 4.78 is 10.6. The Morgan fingerprint density at radius 3 is 2.68 bits per heavy atom. The van der Waals surface area contributed by atoms with Gasteiger partial charge in [0.1, 0.15) is 5.60 Å². The van der Waals surface area contributed by atoms with Gasteiger partial charge in [0.05, 0.1) is 19.1 Å². The smallest absolute Gasteiger partial charge is 0.410 e. The standard InChI is InChI=1S/C13H21NO5/c1-12(2,3)19-11(17)14-5-4-13(7-14)8-18-6-9(13)10(15)16/h9H,4-8H2,1-3H3,(H,15,16). The maximum atomic E-state index is 12.0. The summed E-state index contributed by atoms with van der Waals surface area (Å²) in [6.07, 6.45) is 0.281. The molecule has 2 aliphatic rings. The monoisotopic (exact) mass is 271 g/mol. The average molecular weight is 271 g/mol. The third-order valence-electron chi connectivity index (χ3n) is 3.75. The molecule has 6 heteroatoms. The fourth-order valence-corrected chi connectivity index (χ4v) is 2.77. The molecule has 1 N–H and O–H groups in total. The van der Waals surface area contributed by atoms with Crippen LogP contribution >= 0.6 is 0 Å². The number of hydrogen-bond donors (Lipinski definition) is 1. The molecule has 2 atom stereocenters. The van der Waals surface area contributed by atoms with Gasteiger partial charge in [0.25, 0.3) is 0 Å². The summed E-state index contributed by atoms with van der Waals surface area (Å²) in [4.78, 5) is 24.8. The number of ether oxygens (including phenoxy) is 2. The minimum Gasteiger partial charge on any atom is -0.481 e. The molecule has 6 nitrogen and oxygen atoms in total. The fourth-order valence-electron chi connectivity index (χ4n) is 2.77. The molecule has 2 unspecified atom stereocenters. The summed E-state index contributed by atoms with van der Waals surface area (Å²) in [6, 6.07) is 0. The lowest BCUT2D eigenvalue weighted by atomic mass is 9.77. The Morgan fingerprint density at radius 1 is 1.42 bits per heavy atom. The Balaban J connectivity index is 2.03. The first-order chi connectivity index (χ1) is 8.73. The molecule has 0 saturated carbocycles. The van der Waals surface area contributed by atoms with Crippen LogP contribution in [0.2, 0.25) is 0 Å². The first kappa shape index (κ1) is 14.1. The normalized spacial score (nSPS) is 30.9. The van der Waals surface area contributed by atoms with Crippen molar-refractivity contribution < 1.29 is 24.2 Å². The van der Waals surface area contributed by atoms with Crippen LogP contribution in [0.15, 0.2) is 0 Å². The van der Waals surface area contributed by atoms with Crippen LogP contribution in [0.3, 0.4) is 0 Å². The van der Waals surface area contributed by atoms with Crippen molar-refractivity contribution in [3.05, 3.63) is 0 Å². The Morgan fingerprint density at radius 2 is 2.11 bits per heavy atom. The van der Waals surface area contributed by atoms with Gasteiger partial charge >= 0.3 is 12.1 Å². The minimum absolute atomic E-state index is 0.234. The number of likely N-dealkylation sites (tertiary alicyclic amines) is 1. The summed E-state index contributed by atoms with van der Waals surface area (Å²) in [6.45, 7) is 7.02. The molecule has 2 fully saturated rings. The molecule has 2 aliphatic heterocycles. The van der Waals surface area contributed by atoms with E-state index < -0.39 is 22.9 Å². The number of rotatable bonds is 1. The number of carbonyl (C=O) groups is 2. The number of aliphatic carboxylic acids is 1. The Kier molecular flexibility index (Phi) is 3.47. The van der Waals surface area contributed by atoms with Gasteiger partial charge in [-0.15, -0.1) is 0 Å². The number of carbonyl (C=O) groups excluding carboxylic acids is 1. The molecule has 0 aromatic heterocycles. The molecule has 2 saturated heterocycles. The van der Waals surface area contributed by atoms with Crippen LogP contribution in [0.25, 0.3) is 0 Å². The third kappa shape index (κ3) is 2.83. The molecule has 0 radical (unpaired) electrons. The van der Waals surface area contributed by atoms with Crippen molar-refractivity contribution >= 4 is 12.1 Å². The van der Waals surface area contributed by atoms with E-state index in [9.17, 15) is 14.7 Å². The van der Waals surface area contributed by atoms with E-state index in [0.29, 0.717) is 26.1 Å². The highest BCUT2D eigenvalue weighted by atomic mass is 16.6. The maximum Gasteiger partial charge on any atom is 0.410 e. The molecule has 19 heavy (non-hydrogen) atoms. The van der Waals surface area contributed by atoms with Crippen molar-refractivity contribution in [2.75, 3.05) is 26.3 Å². The summed E-state index contributed by atoms with van der Waals surface area (Å²) >= 11 is 0. The first-order valence-corrected chi connectivity index (χ1v) is 6.52. The van der Waals surface area contributed by atoms with Gasteiger partial charge in [-0.3, -0.25) is 4.79 Å². The molecule has 2 heterocycles. The SMILES string of the molecule is CC(C)(C)OC(=O)N1CCC2(COCC2C(=O)O)C1. The van der Waals surface area contributed by atoms with Crippen molar-refractivity contribution in [3.8, 4) is 0 Å². The summed E-state index contributed by atoms with van der Waals surface area (Å²) in [5.41, 5.74) is -0.978. The molecule has 1 amide bonds. The number of amides is 1. The van der Waals surface area contributed by atoms with Crippen LogP contribution in [0.5, 0.6) is 0 Å². The minimum atomic E-state index is -0.844. The largest absolute Gasteiger partial charge is 0.481 e. The lowest BCUT2D eigenvalue weighted by Crippen LogP contribution is -2.40. The van der Waals surface area contributed by atoms with Gasteiger partial charge in [-0.2, -0.15) is 0 Å². The summed E-state index contributed by atoms with van der Waals surface area (Å²) in [7, 11) is 0. The van der Waals surface area contributed by atoms with E-state index in [0.717, 1.165) is 0 Å². The molecule has 0 aromatic rings. The van der Waals surface area contributed by atoms with Gasteiger partial charge in [-0.05, 0) is 27.2 Å². The Labute approximate surface area is 112 Å². The van der Waals surface area contributed by atoms with E-state index in [-0.39, 0.29) is 12.7 Å². The second kappa shape index (κ2) is 4.67. The van der Waals surface area contributed by atoms with Crippen molar-refractivity contribution in [3.63, 3.8) is 0 Å². The van der Waals surface area contributed by atoms with E-state index >= 15 is 0 Å². The highest BCUT2D eigenvalue weighted by molar-refractivity contribution is 5.73. The van der Waals surface area contributed by atoms with E-state index in [2.05, 4.69) is 0 Å². The van der Waals surface area contributed by atoms with Gasteiger partial charge in [0, 0.05) is 18.5 Å². The highest BCUT2D eigenvalue weighted by Gasteiger charge is 2.53. The zero-order valence-corrected chi connectivity index (χ0v) is 11.6. The van der Waals surface area contributed by atoms with Crippen LogP contribution in [0.4, 0.5) is 4.79 Å². The van der Waals surface area contributed by atoms with Crippen LogP contribution in [-0.4, -0.2) is 54.0 Å². The van der Waals surface area contributed by atoms with Crippen molar-refractivity contribution in [2.45, 2.75) is 32.8 Å². The van der Waals surface area contributed by atoms with Crippen LogP contribution in [-0.2, 0) is 14.3 Å². The van der Waals surface area contributed by atoms with Crippen LogP contribution in [0, 0.1) is 11.3 Å². The number of carboxylic acid groups (broad SMARTS) is 1. The lowest BCUT2D eigenvalue weighted by molar-refractivity contribution is -0.144. The second-order valence-corrected chi connectivity index (χ2v) is 6.42. The summed E-state index contributed by atoms with van der Waals surface area (Å²) in [5, 5.41) is 9.24. The predicted molar refractivity (Wildman–Crippen MR) is 66.8 cm³/mol. The van der Waals surface area contributed by atoms with Gasteiger partial charge in [0.2, 0.25) is 0 Å². The number of hydrogen-bond acceptors (Lipinski definition) is 4. The van der Waals surface area contributed by atoms with Gasteiger partial charge in [0.15, 0.2) is 0 Å². The van der Waals surface area contributed by atoms with Gasteiger partial charge in [-0.25, -0.2) is 4.79 Å². The maximum absolute atomic E-state index is 12.0. The predicted octanol–water partition coefficient (Wildman–Crippen LogP) is 1.34. The zero-order valence-electron chi connectivity index (χ0n) is 11.6. The van der Waals surface area contributed by atoms with Crippen molar-refractivity contribution in [1.82, 2.24) is 4.90 Å². The molecule has 0 aromatic carbocycles. The lowest BCUT2D eigenvalue weighted by Gasteiger charge is -2.28. The molecule has 0 bridgehead atoms. The van der Waals surface area contributed by atoms with Gasteiger partial charge < -0.3 is 19.5 Å².